The number of pyridine rings is 1. The maximum absolute atomic E-state index is 12.6. The summed E-state index contributed by atoms with van der Waals surface area (Å²) in [5.74, 6) is 0.120. The SMILES string of the molecule is Cc1nc2c(c(C)c1CCC(=O)NCCCN1CCCC1=O)c(=O)n(C)c(=O)n2C. The van der Waals surface area contributed by atoms with E-state index in [4.69, 9.17) is 0 Å². The summed E-state index contributed by atoms with van der Waals surface area (Å²) < 4.78 is 2.45. The van der Waals surface area contributed by atoms with Gasteiger partial charge in [0.05, 0.1) is 5.39 Å². The second-order valence-corrected chi connectivity index (χ2v) is 7.89. The average molecular weight is 415 g/mol. The van der Waals surface area contributed by atoms with E-state index in [1.165, 1.54) is 11.6 Å². The lowest BCUT2D eigenvalue weighted by molar-refractivity contribution is -0.127. The molecule has 2 amide bonds. The number of carbonyl (C=O) groups is 2. The number of nitrogens with one attached hydrogen (secondary N) is 1. The molecule has 0 unspecified atom stereocenters. The Balaban J connectivity index is 1.66. The monoisotopic (exact) mass is 415 g/mol. The van der Waals surface area contributed by atoms with Crippen molar-refractivity contribution in [1.29, 1.82) is 0 Å². The highest BCUT2D eigenvalue weighted by Crippen LogP contribution is 2.20. The number of aromatic nitrogens is 3. The highest BCUT2D eigenvalue weighted by Gasteiger charge is 2.19. The van der Waals surface area contributed by atoms with Crippen LogP contribution in [0.2, 0.25) is 0 Å². The third-order valence-corrected chi connectivity index (χ3v) is 5.87. The number of hydrogen-bond donors (Lipinski definition) is 1. The first-order valence-electron chi connectivity index (χ1n) is 10.3. The van der Waals surface area contributed by atoms with Gasteiger partial charge in [0.1, 0.15) is 5.65 Å². The molecule has 0 spiro atoms. The second-order valence-electron chi connectivity index (χ2n) is 7.89. The van der Waals surface area contributed by atoms with Gasteiger partial charge in [0, 0.05) is 52.3 Å². The van der Waals surface area contributed by atoms with Crippen LogP contribution >= 0.6 is 0 Å². The Hall–Kier alpha value is -2.97. The molecule has 1 N–H and O–H groups in total. The third kappa shape index (κ3) is 4.15. The van der Waals surface area contributed by atoms with Crippen molar-refractivity contribution in [2.75, 3.05) is 19.6 Å². The molecule has 1 aliphatic rings. The quantitative estimate of drug-likeness (QED) is 0.655. The number of hydrogen-bond acceptors (Lipinski definition) is 5. The molecule has 2 aromatic rings. The molecule has 30 heavy (non-hydrogen) atoms. The fourth-order valence-electron chi connectivity index (χ4n) is 4.07. The second kappa shape index (κ2) is 8.81. The minimum absolute atomic E-state index is 0.0741. The van der Waals surface area contributed by atoms with Crippen molar-refractivity contribution in [3.63, 3.8) is 0 Å². The van der Waals surface area contributed by atoms with Gasteiger partial charge in [0.2, 0.25) is 11.8 Å². The molecule has 162 valence electrons. The fourth-order valence-corrected chi connectivity index (χ4v) is 4.07. The van der Waals surface area contributed by atoms with Crippen LogP contribution in [0.4, 0.5) is 0 Å². The van der Waals surface area contributed by atoms with E-state index < -0.39 is 5.69 Å². The number of amides is 2. The van der Waals surface area contributed by atoms with E-state index in [2.05, 4.69) is 10.3 Å². The molecule has 0 atom stereocenters. The topological polar surface area (TPSA) is 106 Å². The van der Waals surface area contributed by atoms with E-state index >= 15 is 0 Å². The van der Waals surface area contributed by atoms with Crippen LogP contribution in [0.1, 0.15) is 42.5 Å². The Morgan fingerprint density at radius 1 is 1.13 bits per heavy atom. The van der Waals surface area contributed by atoms with Gasteiger partial charge in [0.15, 0.2) is 0 Å². The molecule has 9 heteroatoms. The predicted molar refractivity (Wildman–Crippen MR) is 113 cm³/mol. The van der Waals surface area contributed by atoms with Crippen molar-refractivity contribution in [3.05, 3.63) is 37.7 Å². The van der Waals surface area contributed by atoms with Crippen LogP contribution in [-0.2, 0) is 30.1 Å². The maximum atomic E-state index is 12.6. The van der Waals surface area contributed by atoms with Crippen molar-refractivity contribution >= 4 is 22.8 Å². The first-order valence-corrected chi connectivity index (χ1v) is 10.3. The number of aryl methyl sites for hydroxylation is 3. The van der Waals surface area contributed by atoms with Gasteiger partial charge < -0.3 is 10.2 Å². The molecule has 3 rings (SSSR count). The number of fused-ring (bicyclic) bond motifs is 1. The minimum Gasteiger partial charge on any atom is -0.356 e. The van der Waals surface area contributed by atoms with Crippen LogP contribution in [0.25, 0.3) is 11.0 Å². The first kappa shape index (κ1) is 21.7. The first-order chi connectivity index (χ1) is 14.2. The summed E-state index contributed by atoms with van der Waals surface area (Å²) in [6.07, 6.45) is 3.02. The van der Waals surface area contributed by atoms with Crippen LogP contribution < -0.4 is 16.6 Å². The molecule has 0 saturated carbocycles. The van der Waals surface area contributed by atoms with E-state index in [0.717, 1.165) is 35.1 Å². The zero-order valence-electron chi connectivity index (χ0n) is 18.1. The van der Waals surface area contributed by atoms with E-state index in [1.807, 2.05) is 18.7 Å². The van der Waals surface area contributed by atoms with Gasteiger partial charge in [0.25, 0.3) is 5.56 Å². The van der Waals surface area contributed by atoms with Gasteiger partial charge in [-0.15, -0.1) is 0 Å². The Morgan fingerprint density at radius 2 is 1.87 bits per heavy atom. The average Bonchev–Trinajstić information content (AvgIpc) is 3.12. The van der Waals surface area contributed by atoms with Crippen LogP contribution in [0.3, 0.4) is 0 Å². The van der Waals surface area contributed by atoms with Gasteiger partial charge in [-0.3, -0.25) is 23.5 Å². The highest BCUT2D eigenvalue weighted by atomic mass is 16.2. The molecule has 9 nitrogen and oxygen atoms in total. The van der Waals surface area contributed by atoms with E-state index in [0.29, 0.717) is 42.7 Å². The van der Waals surface area contributed by atoms with Crippen LogP contribution in [0.5, 0.6) is 0 Å². The summed E-state index contributed by atoms with van der Waals surface area (Å²) in [4.78, 5) is 55.0. The van der Waals surface area contributed by atoms with Gasteiger partial charge in [-0.25, -0.2) is 9.78 Å². The Morgan fingerprint density at radius 3 is 2.53 bits per heavy atom. The third-order valence-electron chi connectivity index (χ3n) is 5.87. The summed E-state index contributed by atoms with van der Waals surface area (Å²) in [5, 5.41) is 3.31. The normalized spacial score (nSPS) is 14.0. The lowest BCUT2D eigenvalue weighted by atomic mass is 10.00. The van der Waals surface area contributed by atoms with Crippen LogP contribution in [-0.4, -0.2) is 50.5 Å². The number of rotatable bonds is 7. The number of nitrogens with zero attached hydrogens (tertiary/aromatic N) is 4. The van der Waals surface area contributed by atoms with Crippen molar-refractivity contribution in [1.82, 2.24) is 24.3 Å². The summed E-state index contributed by atoms with van der Waals surface area (Å²) in [6.45, 7) is 5.68. The molecular formula is C21H29N5O4. The summed E-state index contributed by atoms with van der Waals surface area (Å²) in [5.41, 5.74) is 1.90. The molecule has 2 aromatic heterocycles. The van der Waals surface area contributed by atoms with Gasteiger partial charge in [-0.2, -0.15) is 0 Å². The maximum Gasteiger partial charge on any atom is 0.332 e. The lowest BCUT2D eigenvalue weighted by Gasteiger charge is -2.16. The van der Waals surface area contributed by atoms with Gasteiger partial charge in [-0.05, 0) is 44.2 Å². The lowest BCUT2D eigenvalue weighted by Crippen LogP contribution is -2.38. The zero-order chi connectivity index (χ0) is 22.0. The van der Waals surface area contributed by atoms with Crippen molar-refractivity contribution in [2.45, 2.75) is 46.0 Å². The Bertz CT molecular complexity index is 1120. The summed E-state index contributed by atoms with van der Waals surface area (Å²) in [6, 6.07) is 0. The van der Waals surface area contributed by atoms with Gasteiger partial charge in [-0.1, -0.05) is 0 Å². The molecular weight excluding hydrogens is 386 g/mol. The molecule has 0 aromatic carbocycles. The Labute approximate surface area is 174 Å². The van der Waals surface area contributed by atoms with Crippen molar-refractivity contribution < 1.29 is 9.59 Å². The molecule has 1 aliphatic heterocycles. The Kier molecular flexibility index (Phi) is 6.38. The molecule has 0 radical (unpaired) electrons. The van der Waals surface area contributed by atoms with E-state index in [-0.39, 0.29) is 23.8 Å². The smallest absolute Gasteiger partial charge is 0.332 e. The van der Waals surface area contributed by atoms with Gasteiger partial charge >= 0.3 is 5.69 Å². The largest absolute Gasteiger partial charge is 0.356 e. The minimum atomic E-state index is -0.415. The van der Waals surface area contributed by atoms with Crippen molar-refractivity contribution in [2.24, 2.45) is 14.1 Å². The van der Waals surface area contributed by atoms with Crippen LogP contribution in [0, 0.1) is 13.8 Å². The van der Waals surface area contributed by atoms with E-state index in [9.17, 15) is 19.2 Å². The van der Waals surface area contributed by atoms with Crippen molar-refractivity contribution in [3.8, 4) is 0 Å². The highest BCUT2D eigenvalue weighted by molar-refractivity contribution is 5.81. The molecule has 1 saturated heterocycles. The zero-order valence-corrected chi connectivity index (χ0v) is 18.1. The number of likely N-dealkylation sites (tertiary alicyclic amines) is 1. The predicted octanol–water partition coefficient (Wildman–Crippen LogP) is 0.310. The molecule has 0 bridgehead atoms. The summed E-state index contributed by atoms with van der Waals surface area (Å²) >= 11 is 0. The van der Waals surface area contributed by atoms with Crippen LogP contribution in [0.15, 0.2) is 9.59 Å². The summed E-state index contributed by atoms with van der Waals surface area (Å²) in [7, 11) is 3.05. The molecule has 1 fully saturated rings. The number of carbonyl (C=O) groups excluding carboxylic acids is 2. The standard InChI is InChI=1S/C21H29N5O4/c1-13-15(8-9-16(27)22-10-6-12-26-11-5-7-17(26)28)14(2)23-19-18(13)20(29)25(4)21(30)24(19)3/h5-12H2,1-4H3,(H,22,27). The molecule has 0 aliphatic carbocycles. The van der Waals surface area contributed by atoms with E-state index in [1.54, 1.807) is 7.05 Å². The molecule has 3 heterocycles. The fraction of sp³-hybridized carbons (Fsp3) is 0.571.